The summed E-state index contributed by atoms with van der Waals surface area (Å²) in [6.07, 6.45) is 2.05. The molecule has 10 nitrogen and oxygen atoms in total. The molecule has 2 bridgehead atoms. The number of alkyl halides is 1. The van der Waals surface area contributed by atoms with Crippen molar-refractivity contribution in [3.05, 3.63) is 0 Å². The Morgan fingerprint density at radius 1 is 0.648 bits per heavy atom. The van der Waals surface area contributed by atoms with Crippen molar-refractivity contribution in [3.63, 3.8) is 0 Å². The summed E-state index contributed by atoms with van der Waals surface area (Å²) in [7, 11) is 0. The van der Waals surface area contributed by atoms with E-state index in [0.29, 0.717) is 25.7 Å². The SMILES string of the molecule is CC(C)OC[C@@]12C[C@@H]1[C@@H](C)[C@H](F)[C@@H]2OC(C)C.CC(C)OC[C@]12O[C@@H](C)[C@H](O[C@H]1C)[C@@H]2OC(C)C.CCCO[C@@H]1[C@H](OC(C)C)[C@@H](COC(C)C)O[C@H]1C. The summed E-state index contributed by atoms with van der Waals surface area (Å²) in [5.74, 6) is 0.578. The summed E-state index contributed by atoms with van der Waals surface area (Å²) in [6, 6.07) is 0. The summed E-state index contributed by atoms with van der Waals surface area (Å²) in [6.45, 7) is 37.1. The topological polar surface area (TPSA) is 92.3 Å². The molecule has 5 aliphatic rings. The molecule has 0 aromatic heterocycles. The van der Waals surface area contributed by atoms with Crippen LogP contribution in [-0.4, -0.2) is 130 Å². The van der Waals surface area contributed by atoms with Gasteiger partial charge in [0.25, 0.3) is 0 Å². The molecule has 0 aromatic carbocycles. The molecule has 0 aromatic rings. The first kappa shape index (κ1) is 47.9. The minimum absolute atomic E-state index is 0.00288. The molecular weight excluding hydrogens is 695 g/mol. The van der Waals surface area contributed by atoms with Crippen LogP contribution >= 0.6 is 0 Å². The Kier molecular flexibility index (Phi) is 18.6. The molecule has 0 spiro atoms. The van der Waals surface area contributed by atoms with Gasteiger partial charge in [-0.05, 0) is 129 Å². The Balaban J connectivity index is 0.000000218. The molecule has 0 amide bonds. The Labute approximate surface area is 328 Å². The molecule has 3 aliphatic heterocycles. The van der Waals surface area contributed by atoms with Gasteiger partial charge in [-0.2, -0.15) is 0 Å². The molecule has 5 rings (SSSR count). The van der Waals surface area contributed by atoms with Gasteiger partial charge in [0.15, 0.2) is 0 Å². The lowest BCUT2D eigenvalue weighted by molar-refractivity contribution is -0.204. The molecule has 2 aliphatic carbocycles. The smallest absolute Gasteiger partial charge is 0.146 e. The van der Waals surface area contributed by atoms with Gasteiger partial charge in [-0.25, -0.2) is 4.39 Å². The van der Waals surface area contributed by atoms with E-state index in [9.17, 15) is 4.39 Å². The molecule has 320 valence electrons. The van der Waals surface area contributed by atoms with Crippen molar-refractivity contribution >= 4 is 0 Å². The van der Waals surface area contributed by atoms with Crippen molar-refractivity contribution < 1.29 is 51.8 Å². The summed E-state index contributed by atoms with van der Waals surface area (Å²) >= 11 is 0. The van der Waals surface area contributed by atoms with E-state index in [0.717, 1.165) is 19.4 Å². The number of hydrogen-bond acceptors (Lipinski definition) is 10. The van der Waals surface area contributed by atoms with E-state index in [1.165, 1.54) is 0 Å². The van der Waals surface area contributed by atoms with Gasteiger partial charge in [-0.15, -0.1) is 0 Å². The highest BCUT2D eigenvalue weighted by molar-refractivity contribution is 5.19. The van der Waals surface area contributed by atoms with Gasteiger partial charge >= 0.3 is 0 Å². The lowest BCUT2D eigenvalue weighted by atomic mass is 9.93. The minimum atomic E-state index is -0.827. The van der Waals surface area contributed by atoms with Crippen molar-refractivity contribution in [1.29, 1.82) is 0 Å². The largest absolute Gasteiger partial charge is 0.378 e. The number of hydrogen-bond donors (Lipinski definition) is 0. The number of rotatable bonds is 18. The zero-order valence-corrected chi connectivity index (χ0v) is 37.1. The second-order valence-electron chi connectivity index (χ2n) is 18.0. The Bertz CT molecular complexity index is 1070. The van der Waals surface area contributed by atoms with Gasteiger partial charge in [-0.3, -0.25) is 0 Å². The molecule has 3 saturated heterocycles. The first-order valence-corrected chi connectivity index (χ1v) is 21.3. The normalized spacial score (nSPS) is 39.6. The van der Waals surface area contributed by atoms with Crippen LogP contribution in [0.4, 0.5) is 4.39 Å². The lowest BCUT2D eigenvalue weighted by Crippen LogP contribution is -2.52. The maximum atomic E-state index is 14.2. The molecule has 11 heteroatoms. The van der Waals surface area contributed by atoms with Crippen LogP contribution in [0.3, 0.4) is 0 Å². The van der Waals surface area contributed by atoms with Gasteiger partial charge in [0.1, 0.15) is 42.3 Å². The Morgan fingerprint density at radius 3 is 1.74 bits per heavy atom. The molecule has 0 unspecified atom stereocenters. The highest BCUT2D eigenvalue weighted by Gasteiger charge is 2.71. The number of halogens is 1. The predicted octanol–water partition coefficient (Wildman–Crippen LogP) is 8.14. The number of fused-ring (bicyclic) bond motifs is 3. The first-order valence-electron chi connectivity index (χ1n) is 21.3. The average Bonchev–Trinajstić information content (AvgIpc) is 3.48. The van der Waals surface area contributed by atoms with E-state index in [1.54, 1.807) is 0 Å². The third-order valence-corrected chi connectivity index (χ3v) is 11.1. The summed E-state index contributed by atoms with van der Waals surface area (Å²) < 4.78 is 73.3. The number of ether oxygens (including phenoxy) is 10. The Morgan fingerprint density at radius 2 is 1.20 bits per heavy atom. The third kappa shape index (κ3) is 12.0. The molecule has 14 atom stereocenters. The maximum absolute atomic E-state index is 14.2. The van der Waals surface area contributed by atoms with Crippen LogP contribution in [0.1, 0.15) is 131 Å². The molecule has 5 fully saturated rings. The Hall–Kier alpha value is -0.470. The summed E-state index contributed by atoms with van der Waals surface area (Å²) in [5.41, 5.74) is -0.480. The van der Waals surface area contributed by atoms with Crippen LogP contribution in [-0.2, 0) is 47.4 Å². The van der Waals surface area contributed by atoms with Crippen molar-refractivity contribution in [2.75, 3.05) is 26.4 Å². The maximum Gasteiger partial charge on any atom is 0.146 e. The third-order valence-electron chi connectivity index (χ3n) is 11.1. The predicted molar refractivity (Wildman–Crippen MR) is 210 cm³/mol. The van der Waals surface area contributed by atoms with Gasteiger partial charge in [0.2, 0.25) is 0 Å². The standard InChI is InChI=1S/C15H30O4.C14H25FO2.C14H26O4/c1-7-8-16-14-12(6)19-13(9-17-10(2)3)15(14)18-11(4)5;1-8(2)16-7-14-6-11(14)10(5)12(15)13(14)17-9(3)4;1-8(2)15-7-14-11(6)17-12(10(5)18-14)13(14)16-9(3)4/h10-15H,7-9H2,1-6H3;8-13H,6-7H2,1-5H3;8-13H,7H2,1-6H3/t12-,13+,14-,15+;10-,11-,12+,13+,14+;10-,11-,12-,13-,14-/m010/s1. The summed E-state index contributed by atoms with van der Waals surface area (Å²) in [4.78, 5) is 0. The quantitative estimate of drug-likeness (QED) is 0.136. The van der Waals surface area contributed by atoms with E-state index in [4.69, 9.17) is 47.4 Å². The van der Waals surface area contributed by atoms with Crippen LogP contribution in [0.15, 0.2) is 0 Å². The van der Waals surface area contributed by atoms with E-state index in [2.05, 4.69) is 6.92 Å². The molecule has 2 saturated carbocycles. The second kappa shape index (κ2) is 21.0. The van der Waals surface area contributed by atoms with E-state index in [-0.39, 0.29) is 103 Å². The van der Waals surface area contributed by atoms with E-state index < -0.39 is 11.8 Å². The van der Waals surface area contributed by atoms with Gasteiger partial charge < -0.3 is 47.4 Å². The fraction of sp³-hybridized carbons (Fsp3) is 1.00. The van der Waals surface area contributed by atoms with Crippen molar-refractivity contribution in [2.45, 2.75) is 234 Å². The molecule has 0 radical (unpaired) electrons. The minimum Gasteiger partial charge on any atom is -0.378 e. The average molecular weight is 777 g/mol. The van der Waals surface area contributed by atoms with Crippen molar-refractivity contribution in [2.24, 2.45) is 17.3 Å². The second-order valence-corrected chi connectivity index (χ2v) is 18.0. The lowest BCUT2D eigenvalue weighted by Gasteiger charge is -2.36. The fourth-order valence-electron chi connectivity index (χ4n) is 8.45. The zero-order valence-electron chi connectivity index (χ0n) is 37.1. The van der Waals surface area contributed by atoms with Crippen LogP contribution in [0.2, 0.25) is 0 Å². The summed E-state index contributed by atoms with van der Waals surface area (Å²) in [5, 5.41) is 0. The van der Waals surface area contributed by atoms with Crippen LogP contribution in [0.25, 0.3) is 0 Å². The van der Waals surface area contributed by atoms with Crippen LogP contribution < -0.4 is 0 Å². The molecular formula is C43H81FO10. The molecule has 3 heterocycles. The van der Waals surface area contributed by atoms with Crippen molar-refractivity contribution in [3.8, 4) is 0 Å². The first-order chi connectivity index (χ1) is 25.2. The van der Waals surface area contributed by atoms with Gasteiger partial charge in [0.05, 0.1) is 80.9 Å². The highest BCUT2D eigenvalue weighted by Crippen LogP contribution is 2.67. The molecule has 0 N–H and O–H groups in total. The fourth-order valence-corrected chi connectivity index (χ4v) is 8.45. The molecule has 54 heavy (non-hydrogen) atoms. The van der Waals surface area contributed by atoms with Crippen LogP contribution in [0.5, 0.6) is 0 Å². The van der Waals surface area contributed by atoms with Crippen LogP contribution in [0, 0.1) is 17.3 Å². The monoisotopic (exact) mass is 777 g/mol. The highest BCUT2D eigenvalue weighted by atomic mass is 19.1. The zero-order chi connectivity index (χ0) is 40.7. The van der Waals surface area contributed by atoms with Crippen molar-refractivity contribution in [1.82, 2.24) is 0 Å². The van der Waals surface area contributed by atoms with Gasteiger partial charge in [0, 0.05) is 12.0 Å². The van der Waals surface area contributed by atoms with E-state index >= 15 is 0 Å². The van der Waals surface area contributed by atoms with E-state index in [1.807, 2.05) is 111 Å². The van der Waals surface area contributed by atoms with Gasteiger partial charge in [-0.1, -0.05) is 13.8 Å².